The van der Waals surface area contributed by atoms with Crippen LogP contribution in [0.4, 0.5) is 0 Å². The van der Waals surface area contributed by atoms with Crippen molar-refractivity contribution < 1.29 is 47.4 Å². The van der Waals surface area contributed by atoms with E-state index < -0.39 is 103 Å². The van der Waals surface area contributed by atoms with Crippen molar-refractivity contribution in [2.24, 2.45) is 35.1 Å². The quantitative estimate of drug-likeness (QED) is 0.0783. The molecule has 3 aliphatic rings. The fraction of sp³-hybridized carbons (Fsp3) is 0.660. The summed E-state index contributed by atoms with van der Waals surface area (Å²) in [6.07, 6.45) is 5.03. The number of nitrogens with zero attached hydrogens (tertiary/aromatic N) is 4. The Morgan fingerprint density at radius 1 is 0.792 bits per heavy atom. The van der Waals surface area contributed by atoms with Crippen LogP contribution in [0.2, 0.25) is 0 Å². The maximum atomic E-state index is 14.4. The number of likely N-dealkylation sites (tertiary alicyclic amines) is 2. The third-order valence-corrected chi connectivity index (χ3v) is 14.6. The summed E-state index contributed by atoms with van der Waals surface area (Å²) >= 11 is 0. The number of aromatic nitrogens is 2. The highest BCUT2D eigenvalue weighted by molar-refractivity contribution is 5.94. The van der Waals surface area contributed by atoms with Crippen molar-refractivity contribution >= 4 is 46.7 Å². The zero-order valence-corrected chi connectivity index (χ0v) is 43.6. The smallest absolute Gasteiger partial charge is 0.353 e. The van der Waals surface area contributed by atoms with Gasteiger partial charge in [0.05, 0.1) is 17.5 Å². The summed E-state index contributed by atoms with van der Waals surface area (Å²) in [6, 6.07) is 4.36. The maximum Gasteiger partial charge on any atom is 0.353 e. The van der Waals surface area contributed by atoms with Gasteiger partial charge < -0.3 is 50.5 Å². The molecule has 4 amide bonds. The van der Waals surface area contributed by atoms with Crippen LogP contribution in [0, 0.1) is 23.7 Å². The summed E-state index contributed by atoms with van der Waals surface area (Å²) in [6.45, 7) is 16.9. The van der Waals surface area contributed by atoms with E-state index >= 15 is 0 Å². The number of amides is 4. The van der Waals surface area contributed by atoms with Crippen LogP contribution in [-0.4, -0.2) is 123 Å². The van der Waals surface area contributed by atoms with Crippen LogP contribution in [0.15, 0.2) is 45.7 Å². The van der Waals surface area contributed by atoms with Crippen LogP contribution in [-0.2, 0) is 49.4 Å². The highest BCUT2D eigenvalue weighted by atomic mass is 16.6. The molecule has 6 rings (SSSR count). The van der Waals surface area contributed by atoms with E-state index in [4.69, 9.17) is 30.1 Å². The third-order valence-electron chi connectivity index (χ3n) is 14.6. The molecule has 19 heteroatoms. The van der Waals surface area contributed by atoms with Gasteiger partial charge in [0.1, 0.15) is 55.0 Å². The Morgan fingerprint density at radius 2 is 1.38 bits per heavy atom. The molecule has 0 radical (unpaired) electrons. The number of benzene rings is 1. The van der Waals surface area contributed by atoms with E-state index in [1.807, 2.05) is 46.8 Å². The van der Waals surface area contributed by atoms with Crippen molar-refractivity contribution in [2.45, 2.75) is 181 Å². The summed E-state index contributed by atoms with van der Waals surface area (Å²) in [7, 11) is 0. The molecule has 10 atom stereocenters. The molecule has 0 bridgehead atoms. The highest BCUT2D eigenvalue weighted by Crippen LogP contribution is 2.34. The van der Waals surface area contributed by atoms with E-state index in [1.165, 1.54) is 19.9 Å². The van der Waals surface area contributed by atoms with Crippen molar-refractivity contribution in [3.05, 3.63) is 52.6 Å². The van der Waals surface area contributed by atoms with E-state index in [2.05, 4.69) is 34.7 Å². The average Bonchev–Trinajstić information content (AvgIpc) is 4.20. The topological polar surface area (TPSA) is 261 Å². The molecule has 1 aromatic carbocycles. The lowest BCUT2D eigenvalue weighted by atomic mass is 9.98. The van der Waals surface area contributed by atoms with Gasteiger partial charge in [-0.05, 0) is 73.8 Å². The first-order valence-corrected chi connectivity index (χ1v) is 26.1. The number of nitrogens with one attached hydrogen (secondary N) is 2. The average molecular weight is 1000 g/mol. The SMILES string of the molecule is CCCCCc1ccc(-c2cc3cn(C4CC(OC(=O)C(NC(=O)C5CCCN5C(=O)C(N)C(C)C)C(C)CC)C(COC(=O)C(NC(=O)C5CCCN5C(=O)C(N)C(C)C)C(C)C)O4)c(=O)nc3o2)cc1. The zero-order valence-electron chi connectivity index (χ0n) is 43.6. The molecule has 3 aliphatic heterocycles. The van der Waals surface area contributed by atoms with E-state index in [1.54, 1.807) is 33.0 Å². The molecular formula is C53H78N8O11. The summed E-state index contributed by atoms with van der Waals surface area (Å²) in [5.41, 5.74) is 13.8. The van der Waals surface area contributed by atoms with Gasteiger partial charge in [-0.1, -0.05) is 106 Å². The lowest BCUT2D eigenvalue weighted by molar-refractivity contribution is -0.163. The minimum Gasteiger partial charge on any atom is -0.461 e. The van der Waals surface area contributed by atoms with E-state index in [-0.39, 0.29) is 35.8 Å². The van der Waals surface area contributed by atoms with Crippen LogP contribution in [0.5, 0.6) is 0 Å². The molecule has 6 N–H and O–H groups in total. The van der Waals surface area contributed by atoms with Gasteiger partial charge in [-0.2, -0.15) is 4.98 Å². The Morgan fingerprint density at radius 3 is 1.92 bits per heavy atom. The Kier molecular flexibility index (Phi) is 19.2. The van der Waals surface area contributed by atoms with Crippen molar-refractivity contribution in [2.75, 3.05) is 19.7 Å². The molecule has 0 aliphatic carbocycles. The van der Waals surface area contributed by atoms with Crippen LogP contribution in [0.25, 0.3) is 22.4 Å². The number of ether oxygens (including phenoxy) is 3. The molecule has 5 heterocycles. The molecule has 3 fully saturated rings. The van der Waals surface area contributed by atoms with Gasteiger partial charge in [-0.15, -0.1) is 0 Å². The number of fused-ring (bicyclic) bond motifs is 1. The lowest BCUT2D eigenvalue weighted by Crippen LogP contribution is -2.56. The predicted molar refractivity (Wildman–Crippen MR) is 270 cm³/mol. The fourth-order valence-electron chi connectivity index (χ4n) is 9.54. The number of hydrogen-bond donors (Lipinski definition) is 4. The summed E-state index contributed by atoms with van der Waals surface area (Å²) in [5, 5.41) is 6.19. The minimum absolute atomic E-state index is 0.0706. The van der Waals surface area contributed by atoms with Crippen molar-refractivity contribution in [1.82, 2.24) is 30.0 Å². The van der Waals surface area contributed by atoms with Crippen LogP contribution >= 0.6 is 0 Å². The normalized spacial score (nSPS) is 22.3. The number of nitrogens with two attached hydrogens (primary N) is 2. The van der Waals surface area contributed by atoms with Gasteiger partial charge in [-0.25, -0.2) is 14.4 Å². The standard InChI is InChI=1S/C53H78N8O11/c1-10-12-13-16-33-19-21-34(22-20-33)38-25-35-27-61(53(68)58-48(35)71-38)41-26-39(72-52(67)45(32(9)11-2)57-47(63)37-18-15-24-60(37)50(65)43(55)30(5)6)40(70-41)28-69-51(66)44(31(7)8)56-46(62)36-17-14-23-59(36)49(64)42(54)29(3)4/h19-22,25,27,29-32,36-37,39-45H,10-18,23-24,26,28,54-55H2,1-9H3,(H,56,62)(H,57,63). The zero-order chi connectivity index (χ0) is 52.6. The van der Waals surface area contributed by atoms with E-state index in [0.29, 0.717) is 56.3 Å². The Balaban J connectivity index is 1.23. The second-order valence-electron chi connectivity index (χ2n) is 20.9. The molecule has 396 valence electrons. The highest BCUT2D eigenvalue weighted by Gasteiger charge is 2.45. The first-order valence-electron chi connectivity index (χ1n) is 26.1. The number of aryl methyl sites for hydroxylation is 1. The summed E-state index contributed by atoms with van der Waals surface area (Å²) < 4.78 is 25.8. The van der Waals surface area contributed by atoms with E-state index in [0.717, 1.165) is 31.2 Å². The molecular weight excluding hydrogens is 925 g/mol. The lowest BCUT2D eigenvalue weighted by Gasteiger charge is -2.31. The third kappa shape index (κ3) is 13.1. The van der Waals surface area contributed by atoms with Crippen molar-refractivity contribution in [1.29, 1.82) is 0 Å². The van der Waals surface area contributed by atoms with Gasteiger partial charge in [0.25, 0.3) is 0 Å². The molecule has 0 spiro atoms. The van der Waals surface area contributed by atoms with Gasteiger partial charge in [0, 0.05) is 31.3 Å². The number of rotatable bonds is 22. The summed E-state index contributed by atoms with van der Waals surface area (Å²) in [4.78, 5) is 104. The molecule has 72 heavy (non-hydrogen) atoms. The molecule has 2 aromatic heterocycles. The maximum absolute atomic E-state index is 14.4. The molecule has 19 nitrogen and oxygen atoms in total. The van der Waals surface area contributed by atoms with Crippen molar-refractivity contribution in [3.8, 4) is 11.3 Å². The van der Waals surface area contributed by atoms with Crippen LogP contribution in [0.3, 0.4) is 0 Å². The van der Waals surface area contributed by atoms with Gasteiger partial charge in [0.2, 0.25) is 29.3 Å². The number of esters is 2. The molecule has 10 unspecified atom stereocenters. The first kappa shape index (κ1) is 55.7. The van der Waals surface area contributed by atoms with Gasteiger partial charge in [-0.3, -0.25) is 23.7 Å². The predicted octanol–water partition coefficient (Wildman–Crippen LogP) is 4.75. The second-order valence-corrected chi connectivity index (χ2v) is 20.9. The van der Waals surface area contributed by atoms with Gasteiger partial charge in [0.15, 0.2) is 0 Å². The molecule has 0 saturated carbocycles. The second kappa shape index (κ2) is 24.8. The minimum atomic E-state index is -1.14. The molecule has 3 saturated heterocycles. The Hall–Kier alpha value is -5.66. The number of hydrogen-bond acceptors (Lipinski definition) is 14. The number of furan rings is 1. The molecule has 3 aromatic rings. The Bertz CT molecular complexity index is 2440. The number of carbonyl (C=O) groups excluding carboxylic acids is 6. The fourth-order valence-corrected chi connectivity index (χ4v) is 9.54. The van der Waals surface area contributed by atoms with Crippen LogP contribution < -0.4 is 27.8 Å². The van der Waals surface area contributed by atoms with Crippen molar-refractivity contribution in [3.63, 3.8) is 0 Å². The number of carbonyl (C=O) groups is 6. The van der Waals surface area contributed by atoms with Crippen LogP contribution in [0.1, 0.15) is 132 Å². The summed E-state index contributed by atoms with van der Waals surface area (Å²) in [5.74, 6) is -3.88. The van der Waals surface area contributed by atoms with Gasteiger partial charge >= 0.3 is 17.6 Å². The Labute approximate surface area is 422 Å². The number of unbranched alkanes of at least 4 members (excludes halogenated alkanes) is 2. The first-order chi connectivity index (χ1) is 34.2. The monoisotopic (exact) mass is 1000 g/mol. The largest absolute Gasteiger partial charge is 0.461 e. The van der Waals surface area contributed by atoms with E-state index in [9.17, 15) is 33.6 Å².